The fourth-order valence-corrected chi connectivity index (χ4v) is 2.28. The van der Waals surface area contributed by atoms with E-state index in [-0.39, 0.29) is 0 Å². The molecule has 0 amide bonds. The van der Waals surface area contributed by atoms with Crippen LogP contribution < -0.4 is 16.2 Å². The SMILES string of the molecule is CCOCc1nc(NN)cc(N(C)C(C)CSC)n1. The first-order valence-corrected chi connectivity index (χ1v) is 7.65. The topological polar surface area (TPSA) is 76.3 Å². The quantitative estimate of drug-likeness (QED) is 0.553. The maximum atomic E-state index is 5.45. The lowest BCUT2D eigenvalue weighted by Gasteiger charge is -2.26. The van der Waals surface area contributed by atoms with Crippen molar-refractivity contribution >= 4 is 23.4 Å². The molecule has 3 N–H and O–H groups in total. The zero-order valence-corrected chi connectivity index (χ0v) is 12.8. The number of nitrogen functional groups attached to an aromatic ring is 1. The highest BCUT2D eigenvalue weighted by atomic mass is 32.2. The van der Waals surface area contributed by atoms with Gasteiger partial charge in [-0.2, -0.15) is 11.8 Å². The normalized spacial score (nSPS) is 12.3. The summed E-state index contributed by atoms with van der Waals surface area (Å²) < 4.78 is 5.35. The van der Waals surface area contributed by atoms with Crippen LogP contribution in [0.2, 0.25) is 0 Å². The summed E-state index contributed by atoms with van der Waals surface area (Å²) in [6, 6.07) is 2.22. The lowest BCUT2D eigenvalue weighted by molar-refractivity contribution is 0.128. The van der Waals surface area contributed by atoms with Crippen LogP contribution in [0.5, 0.6) is 0 Å². The van der Waals surface area contributed by atoms with Crippen LogP contribution >= 0.6 is 11.8 Å². The van der Waals surface area contributed by atoms with Crippen LogP contribution in [0.1, 0.15) is 19.7 Å². The molecule has 0 aliphatic carbocycles. The summed E-state index contributed by atoms with van der Waals surface area (Å²) in [7, 11) is 2.02. The number of anilines is 2. The molecule has 1 aromatic heterocycles. The molecule has 0 saturated carbocycles. The Morgan fingerprint density at radius 2 is 2.26 bits per heavy atom. The van der Waals surface area contributed by atoms with Gasteiger partial charge in [-0.25, -0.2) is 15.8 Å². The van der Waals surface area contributed by atoms with E-state index in [1.807, 2.05) is 31.8 Å². The van der Waals surface area contributed by atoms with Gasteiger partial charge in [0.1, 0.15) is 18.2 Å². The van der Waals surface area contributed by atoms with Crippen LogP contribution in [0, 0.1) is 0 Å². The third-order valence-electron chi connectivity index (χ3n) is 2.77. The highest BCUT2D eigenvalue weighted by Gasteiger charge is 2.13. The summed E-state index contributed by atoms with van der Waals surface area (Å²) in [6.07, 6.45) is 2.09. The number of hydrogen-bond donors (Lipinski definition) is 2. The van der Waals surface area contributed by atoms with Crippen molar-refractivity contribution < 1.29 is 4.74 Å². The van der Waals surface area contributed by atoms with E-state index < -0.39 is 0 Å². The van der Waals surface area contributed by atoms with Gasteiger partial charge >= 0.3 is 0 Å². The predicted octanol–water partition coefficient (Wildman–Crippen LogP) is 1.49. The minimum absolute atomic E-state index is 0.385. The second kappa shape index (κ2) is 8.19. The van der Waals surface area contributed by atoms with Crippen LogP contribution in [-0.2, 0) is 11.3 Å². The Hall–Kier alpha value is -1.05. The maximum Gasteiger partial charge on any atom is 0.158 e. The summed E-state index contributed by atoms with van der Waals surface area (Å²) in [5.74, 6) is 8.56. The summed E-state index contributed by atoms with van der Waals surface area (Å²) in [4.78, 5) is 10.9. The van der Waals surface area contributed by atoms with Gasteiger partial charge in [0, 0.05) is 31.5 Å². The van der Waals surface area contributed by atoms with Gasteiger partial charge in [-0.3, -0.25) is 0 Å². The second-order valence-electron chi connectivity index (χ2n) is 4.22. The molecule has 0 aromatic carbocycles. The summed E-state index contributed by atoms with van der Waals surface area (Å²) >= 11 is 1.81. The van der Waals surface area contributed by atoms with Crippen molar-refractivity contribution in [2.45, 2.75) is 26.5 Å². The van der Waals surface area contributed by atoms with Crippen molar-refractivity contribution in [2.75, 3.05) is 36.0 Å². The van der Waals surface area contributed by atoms with E-state index in [0.717, 1.165) is 11.6 Å². The number of thioether (sulfide) groups is 1. The molecule has 0 fully saturated rings. The number of rotatable bonds is 8. The molecule has 0 aliphatic heterocycles. The molecule has 1 aromatic rings. The summed E-state index contributed by atoms with van der Waals surface area (Å²) in [5, 5.41) is 0. The van der Waals surface area contributed by atoms with Crippen LogP contribution in [0.15, 0.2) is 6.07 Å². The number of ether oxygens (including phenoxy) is 1. The number of nitrogens with one attached hydrogen (secondary N) is 1. The predicted molar refractivity (Wildman–Crippen MR) is 81.4 cm³/mol. The standard InChI is InChI=1S/C12H23N5OS/c1-5-18-7-11-14-10(16-13)6-12(15-11)17(3)9(2)8-19-4/h6,9H,5,7-8,13H2,1-4H3,(H,14,15,16). The van der Waals surface area contributed by atoms with Crippen LogP contribution in [-0.4, -0.2) is 41.7 Å². The third kappa shape index (κ3) is 4.85. The largest absolute Gasteiger partial charge is 0.374 e. The van der Waals surface area contributed by atoms with Gasteiger partial charge in [0.15, 0.2) is 5.82 Å². The first kappa shape index (κ1) is 16.0. The average Bonchev–Trinajstić information content (AvgIpc) is 2.44. The molecule has 0 saturated heterocycles. The fraction of sp³-hybridized carbons (Fsp3) is 0.667. The van der Waals surface area contributed by atoms with E-state index in [1.165, 1.54) is 0 Å². The molecule has 6 nitrogen and oxygen atoms in total. The molecule has 0 bridgehead atoms. The number of nitrogens with zero attached hydrogens (tertiary/aromatic N) is 3. The van der Waals surface area contributed by atoms with Gasteiger partial charge < -0.3 is 15.1 Å². The lowest BCUT2D eigenvalue weighted by atomic mass is 10.3. The zero-order valence-electron chi connectivity index (χ0n) is 12.0. The minimum Gasteiger partial charge on any atom is -0.374 e. The highest BCUT2D eigenvalue weighted by Crippen LogP contribution is 2.18. The van der Waals surface area contributed by atoms with E-state index in [4.69, 9.17) is 10.6 Å². The molecule has 1 unspecified atom stereocenters. The van der Waals surface area contributed by atoms with E-state index in [9.17, 15) is 0 Å². The number of hydrazine groups is 1. The second-order valence-corrected chi connectivity index (χ2v) is 5.14. The minimum atomic E-state index is 0.385. The van der Waals surface area contributed by atoms with Gasteiger partial charge in [0.2, 0.25) is 0 Å². The molecular formula is C12H23N5OS. The molecule has 0 aliphatic rings. The summed E-state index contributed by atoms with van der Waals surface area (Å²) in [6.45, 7) is 5.14. The lowest BCUT2D eigenvalue weighted by Crippen LogP contribution is -2.32. The van der Waals surface area contributed by atoms with Gasteiger partial charge in [-0.15, -0.1) is 0 Å². The Morgan fingerprint density at radius 1 is 1.53 bits per heavy atom. The van der Waals surface area contributed by atoms with Crippen LogP contribution in [0.25, 0.3) is 0 Å². The molecule has 108 valence electrons. The highest BCUT2D eigenvalue weighted by molar-refractivity contribution is 7.98. The molecular weight excluding hydrogens is 262 g/mol. The van der Waals surface area contributed by atoms with Crippen molar-refractivity contribution in [3.63, 3.8) is 0 Å². The monoisotopic (exact) mass is 285 g/mol. The molecule has 0 radical (unpaired) electrons. The van der Waals surface area contributed by atoms with Gasteiger partial charge in [0.05, 0.1) is 0 Å². The first-order chi connectivity index (χ1) is 9.12. The van der Waals surface area contributed by atoms with Gasteiger partial charge in [-0.1, -0.05) is 0 Å². The van der Waals surface area contributed by atoms with Gasteiger partial charge in [-0.05, 0) is 20.1 Å². The Kier molecular flexibility index (Phi) is 6.90. The molecule has 7 heteroatoms. The number of hydrogen-bond acceptors (Lipinski definition) is 7. The molecule has 1 rings (SSSR count). The van der Waals surface area contributed by atoms with Crippen molar-refractivity contribution in [3.8, 4) is 0 Å². The van der Waals surface area contributed by atoms with E-state index in [2.05, 4.69) is 33.5 Å². The number of nitrogens with two attached hydrogens (primary N) is 1. The van der Waals surface area contributed by atoms with Crippen LogP contribution in [0.3, 0.4) is 0 Å². The Morgan fingerprint density at radius 3 is 2.84 bits per heavy atom. The van der Waals surface area contributed by atoms with Crippen molar-refractivity contribution in [1.82, 2.24) is 9.97 Å². The average molecular weight is 285 g/mol. The zero-order chi connectivity index (χ0) is 14.3. The summed E-state index contributed by atoms with van der Waals surface area (Å²) in [5.41, 5.74) is 2.57. The van der Waals surface area contributed by atoms with Crippen molar-refractivity contribution in [3.05, 3.63) is 11.9 Å². The Bertz CT molecular complexity index is 390. The van der Waals surface area contributed by atoms with Crippen molar-refractivity contribution in [2.24, 2.45) is 5.84 Å². The van der Waals surface area contributed by atoms with E-state index in [1.54, 1.807) is 0 Å². The Balaban J connectivity index is 2.91. The smallest absolute Gasteiger partial charge is 0.158 e. The maximum absolute atomic E-state index is 5.45. The molecule has 19 heavy (non-hydrogen) atoms. The first-order valence-electron chi connectivity index (χ1n) is 6.26. The fourth-order valence-electron chi connectivity index (χ4n) is 1.57. The molecule has 0 spiro atoms. The van der Waals surface area contributed by atoms with E-state index >= 15 is 0 Å². The molecule has 1 atom stereocenters. The van der Waals surface area contributed by atoms with Crippen LogP contribution in [0.4, 0.5) is 11.6 Å². The third-order valence-corrected chi connectivity index (χ3v) is 3.59. The molecule has 1 heterocycles. The van der Waals surface area contributed by atoms with E-state index in [0.29, 0.717) is 30.9 Å². The number of aromatic nitrogens is 2. The van der Waals surface area contributed by atoms with Gasteiger partial charge in [0.25, 0.3) is 0 Å². The Labute approximate surface area is 119 Å². The van der Waals surface area contributed by atoms with Crippen molar-refractivity contribution in [1.29, 1.82) is 0 Å².